The minimum absolute atomic E-state index is 0.134. The monoisotopic (exact) mass is 261 g/mol. The fourth-order valence-corrected chi connectivity index (χ4v) is 1.95. The molecule has 0 fully saturated rings. The summed E-state index contributed by atoms with van der Waals surface area (Å²) in [6.07, 6.45) is 1.67. The van der Waals surface area contributed by atoms with Crippen molar-refractivity contribution in [2.45, 2.75) is 19.5 Å². The van der Waals surface area contributed by atoms with Gasteiger partial charge in [-0.2, -0.15) is 0 Å². The molecular formula is C15H19NO3. The van der Waals surface area contributed by atoms with E-state index in [9.17, 15) is 0 Å². The van der Waals surface area contributed by atoms with E-state index in [1.165, 1.54) is 0 Å². The Kier molecular flexibility index (Phi) is 4.47. The number of nitrogens with one attached hydrogen (secondary N) is 1. The number of hydrogen-bond donors (Lipinski definition) is 1. The Hall–Kier alpha value is -1.94. The Morgan fingerprint density at radius 3 is 2.68 bits per heavy atom. The quantitative estimate of drug-likeness (QED) is 0.867. The van der Waals surface area contributed by atoms with Gasteiger partial charge in [0.15, 0.2) is 0 Å². The fraction of sp³-hybridized carbons (Fsp3) is 0.333. The molecule has 0 aliphatic carbocycles. The van der Waals surface area contributed by atoms with Crippen molar-refractivity contribution in [2.24, 2.45) is 0 Å². The molecule has 1 aromatic heterocycles. The van der Waals surface area contributed by atoms with E-state index < -0.39 is 0 Å². The van der Waals surface area contributed by atoms with Gasteiger partial charge in [-0.15, -0.1) is 0 Å². The van der Waals surface area contributed by atoms with E-state index in [1.807, 2.05) is 30.3 Å². The van der Waals surface area contributed by atoms with Crippen molar-refractivity contribution < 1.29 is 13.9 Å². The second kappa shape index (κ2) is 6.29. The van der Waals surface area contributed by atoms with Crippen LogP contribution in [0.25, 0.3) is 0 Å². The molecule has 4 heteroatoms. The highest BCUT2D eigenvalue weighted by atomic mass is 16.5. The average molecular weight is 261 g/mol. The lowest BCUT2D eigenvalue weighted by Crippen LogP contribution is -2.18. The van der Waals surface area contributed by atoms with Crippen LogP contribution in [0, 0.1) is 0 Å². The summed E-state index contributed by atoms with van der Waals surface area (Å²) in [5, 5.41) is 3.40. The maximum Gasteiger partial charge on any atom is 0.123 e. The Morgan fingerprint density at radius 1 is 1.21 bits per heavy atom. The van der Waals surface area contributed by atoms with Crippen molar-refractivity contribution in [3.05, 3.63) is 47.9 Å². The Balaban J connectivity index is 2.10. The van der Waals surface area contributed by atoms with Gasteiger partial charge in [-0.25, -0.2) is 0 Å². The van der Waals surface area contributed by atoms with Gasteiger partial charge in [0.2, 0.25) is 0 Å². The molecule has 0 amide bonds. The molecule has 1 unspecified atom stereocenters. The normalized spacial score (nSPS) is 12.2. The number of benzene rings is 1. The van der Waals surface area contributed by atoms with E-state index in [0.29, 0.717) is 6.54 Å². The standard InChI is InChI=1S/C15H19NO3/c1-11(16-10-13-5-4-8-19-13)14-9-12(17-2)6-7-15(14)18-3/h4-9,11,16H,10H2,1-3H3. The van der Waals surface area contributed by atoms with E-state index in [1.54, 1.807) is 20.5 Å². The predicted molar refractivity (Wildman–Crippen MR) is 73.5 cm³/mol. The summed E-state index contributed by atoms with van der Waals surface area (Å²) in [5.41, 5.74) is 1.06. The van der Waals surface area contributed by atoms with Crippen molar-refractivity contribution in [2.75, 3.05) is 14.2 Å². The van der Waals surface area contributed by atoms with Gasteiger partial charge in [0, 0.05) is 11.6 Å². The molecule has 1 atom stereocenters. The number of furan rings is 1. The van der Waals surface area contributed by atoms with Crippen LogP contribution in [0.2, 0.25) is 0 Å². The van der Waals surface area contributed by atoms with Gasteiger partial charge in [0.05, 0.1) is 27.0 Å². The molecule has 0 saturated carbocycles. The van der Waals surface area contributed by atoms with Crippen LogP contribution in [0.1, 0.15) is 24.3 Å². The number of methoxy groups -OCH3 is 2. The molecule has 0 bridgehead atoms. The molecule has 0 radical (unpaired) electrons. The molecule has 1 aromatic carbocycles. The summed E-state index contributed by atoms with van der Waals surface area (Å²) in [6, 6.07) is 9.76. The number of ether oxygens (including phenoxy) is 2. The van der Waals surface area contributed by atoms with E-state index in [0.717, 1.165) is 22.8 Å². The second-order valence-electron chi connectivity index (χ2n) is 4.29. The van der Waals surface area contributed by atoms with Gasteiger partial charge < -0.3 is 19.2 Å². The third-order valence-corrected chi connectivity index (χ3v) is 3.07. The van der Waals surface area contributed by atoms with Gasteiger partial charge in [0.25, 0.3) is 0 Å². The van der Waals surface area contributed by atoms with Crippen LogP contribution in [-0.4, -0.2) is 14.2 Å². The molecule has 2 rings (SSSR count). The van der Waals surface area contributed by atoms with Crippen LogP contribution in [0.15, 0.2) is 41.0 Å². The zero-order valence-corrected chi connectivity index (χ0v) is 11.5. The lowest BCUT2D eigenvalue weighted by molar-refractivity contribution is 0.389. The number of hydrogen-bond acceptors (Lipinski definition) is 4. The molecule has 1 N–H and O–H groups in total. The predicted octanol–water partition coefficient (Wildman–Crippen LogP) is 3.15. The van der Waals surface area contributed by atoms with Crippen molar-refractivity contribution in [3.8, 4) is 11.5 Å². The van der Waals surface area contributed by atoms with Crippen molar-refractivity contribution in [1.29, 1.82) is 0 Å². The Labute approximate surface area is 113 Å². The first-order chi connectivity index (χ1) is 9.24. The molecular weight excluding hydrogens is 242 g/mol. The van der Waals surface area contributed by atoms with Crippen molar-refractivity contribution in [1.82, 2.24) is 5.32 Å². The molecule has 2 aromatic rings. The fourth-order valence-electron chi connectivity index (χ4n) is 1.95. The van der Waals surface area contributed by atoms with Crippen LogP contribution >= 0.6 is 0 Å². The summed E-state index contributed by atoms with van der Waals surface area (Å²) in [5.74, 6) is 2.58. The third-order valence-electron chi connectivity index (χ3n) is 3.07. The molecule has 0 aliphatic rings. The maximum atomic E-state index is 5.38. The lowest BCUT2D eigenvalue weighted by Gasteiger charge is -2.17. The van der Waals surface area contributed by atoms with Gasteiger partial charge >= 0.3 is 0 Å². The van der Waals surface area contributed by atoms with Crippen LogP contribution in [0.3, 0.4) is 0 Å². The summed E-state index contributed by atoms with van der Waals surface area (Å²) < 4.78 is 15.9. The SMILES string of the molecule is COc1ccc(OC)c(C(C)NCc2ccco2)c1. The van der Waals surface area contributed by atoms with Gasteiger partial charge in [0.1, 0.15) is 17.3 Å². The minimum atomic E-state index is 0.134. The molecule has 0 aliphatic heterocycles. The molecule has 19 heavy (non-hydrogen) atoms. The van der Waals surface area contributed by atoms with Crippen LogP contribution in [0.4, 0.5) is 0 Å². The zero-order valence-electron chi connectivity index (χ0n) is 11.5. The topological polar surface area (TPSA) is 43.6 Å². The van der Waals surface area contributed by atoms with Crippen LogP contribution in [0.5, 0.6) is 11.5 Å². The smallest absolute Gasteiger partial charge is 0.123 e. The summed E-state index contributed by atoms with van der Waals surface area (Å²) >= 11 is 0. The lowest BCUT2D eigenvalue weighted by atomic mass is 10.1. The largest absolute Gasteiger partial charge is 0.497 e. The molecule has 102 valence electrons. The Bertz CT molecular complexity index is 508. The summed E-state index contributed by atoms with van der Waals surface area (Å²) in [4.78, 5) is 0. The maximum absolute atomic E-state index is 5.38. The van der Waals surface area contributed by atoms with E-state index in [-0.39, 0.29) is 6.04 Å². The first-order valence-electron chi connectivity index (χ1n) is 6.22. The minimum Gasteiger partial charge on any atom is -0.497 e. The summed E-state index contributed by atoms with van der Waals surface area (Å²) in [6.45, 7) is 2.76. The molecule has 0 saturated heterocycles. The van der Waals surface area contributed by atoms with Crippen LogP contribution in [-0.2, 0) is 6.54 Å². The molecule has 4 nitrogen and oxygen atoms in total. The average Bonchev–Trinajstić information content (AvgIpc) is 2.97. The van der Waals surface area contributed by atoms with E-state index in [2.05, 4.69) is 12.2 Å². The summed E-state index contributed by atoms with van der Waals surface area (Å²) in [7, 11) is 3.33. The van der Waals surface area contributed by atoms with Gasteiger partial charge in [-0.3, -0.25) is 0 Å². The van der Waals surface area contributed by atoms with Crippen molar-refractivity contribution >= 4 is 0 Å². The first-order valence-corrected chi connectivity index (χ1v) is 6.22. The third kappa shape index (κ3) is 3.29. The zero-order chi connectivity index (χ0) is 13.7. The van der Waals surface area contributed by atoms with Crippen molar-refractivity contribution in [3.63, 3.8) is 0 Å². The highest BCUT2D eigenvalue weighted by molar-refractivity contribution is 5.42. The van der Waals surface area contributed by atoms with E-state index in [4.69, 9.17) is 13.9 Å². The highest BCUT2D eigenvalue weighted by Gasteiger charge is 2.12. The van der Waals surface area contributed by atoms with Gasteiger partial charge in [-0.05, 0) is 37.3 Å². The molecule has 1 heterocycles. The Morgan fingerprint density at radius 2 is 2.05 bits per heavy atom. The molecule has 0 spiro atoms. The van der Waals surface area contributed by atoms with E-state index >= 15 is 0 Å². The second-order valence-corrected chi connectivity index (χ2v) is 4.29. The highest BCUT2D eigenvalue weighted by Crippen LogP contribution is 2.29. The van der Waals surface area contributed by atoms with Gasteiger partial charge in [-0.1, -0.05) is 0 Å². The van der Waals surface area contributed by atoms with Crippen LogP contribution < -0.4 is 14.8 Å². The first kappa shape index (κ1) is 13.5. The number of rotatable bonds is 6.